The van der Waals surface area contributed by atoms with Crippen LogP contribution in [0.15, 0.2) is 77.8 Å². The number of alkyl halides is 3. The normalized spacial score (nSPS) is 15.6. The third-order valence-corrected chi connectivity index (χ3v) is 8.16. The van der Waals surface area contributed by atoms with E-state index >= 15 is 0 Å². The number of nitrogens with one attached hydrogen (secondary N) is 1. The van der Waals surface area contributed by atoms with Crippen molar-refractivity contribution in [2.75, 3.05) is 7.11 Å². The van der Waals surface area contributed by atoms with Crippen LogP contribution in [-0.4, -0.2) is 26.4 Å². The molecule has 1 aliphatic rings. The molecule has 1 heterocycles. The van der Waals surface area contributed by atoms with Crippen LogP contribution in [0.25, 0.3) is 21.9 Å². The molecule has 1 unspecified atom stereocenters. The number of carbonyl (C=O) groups excluding carboxylic acids is 1. The quantitative estimate of drug-likeness (QED) is 0.343. The standard InChI is InChI=1S/C28H23F3N2O4S/c1-37-23-14-13-20(18-12-15-25(32-16-18)28(29,30)31)26-21(23)9-5-10-22(26)27(34)33-38(35,36)24-11-4-7-17-6-2-3-8-19(17)24/h2-4,6-8,11-16,22H,5,9-10H2,1H3,(H,33,34). The number of halogens is 3. The number of pyridine rings is 1. The summed E-state index contributed by atoms with van der Waals surface area (Å²) in [7, 11) is -2.73. The van der Waals surface area contributed by atoms with Gasteiger partial charge in [-0.1, -0.05) is 48.5 Å². The Hall–Kier alpha value is -3.92. The summed E-state index contributed by atoms with van der Waals surface area (Å²) in [5.41, 5.74) is 1.11. The Labute approximate surface area is 217 Å². The van der Waals surface area contributed by atoms with Crippen molar-refractivity contribution in [3.05, 3.63) is 89.7 Å². The number of hydrogen-bond acceptors (Lipinski definition) is 5. The molecule has 0 aliphatic heterocycles. The van der Waals surface area contributed by atoms with Crippen LogP contribution in [0.3, 0.4) is 0 Å². The topological polar surface area (TPSA) is 85.4 Å². The third-order valence-electron chi connectivity index (χ3n) is 6.76. The van der Waals surface area contributed by atoms with Crippen molar-refractivity contribution in [2.24, 2.45) is 0 Å². The maximum Gasteiger partial charge on any atom is 0.433 e. The summed E-state index contributed by atoms with van der Waals surface area (Å²) < 4.78 is 73.6. The highest BCUT2D eigenvalue weighted by Crippen LogP contribution is 2.43. The Morgan fingerprint density at radius 1 is 1.03 bits per heavy atom. The van der Waals surface area contributed by atoms with Crippen molar-refractivity contribution in [1.82, 2.24) is 9.71 Å². The number of benzene rings is 3. The molecule has 0 bridgehead atoms. The first-order valence-corrected chi connectivity index (χ1v) is 13.4. The SMILES string of the molecule is COc1ccc(-c2ccc(C(F)(F)F)nc2)c2c1CCCC2C(=O)NS(=O)(=O)c1cccc2ccccc12. The number of fused-ring (bicyclic) bond motifs is 2. The zero-order chi connectivity index (χ0) is 27.1. The Morgan fingerprint density at radius 2 is 1.79 bits per heavy atom. The van der Waals surface area contributed by atoms with E-state index in [1.807, 2.05) is 0 Å². The van der Waals surface area contributed by atoms with E-state index in [1.54, 1.807) is 48.5 Å². The molecule has 1 amide bonds. The molecular formula is C28H23F3N2O4S. The highest BCUT2D eigenvalue weighted by atomic mass is 32.2. The molecular weight excluding hydrogens is 517 g/mol. The van der Waals surface area contributed by atoms with Gasteiger partial charge in [0, 0.05) is 17.1 Å². The van der Waals surface area contributed by atoms with E-state index in [-0.39, 0.29) is 4.90 Å². The van der Waals surface area contributed by atoms with Crippen LogP contribution < -0.4 is 9.46 Å². The summed E-state index contributed by atoms with van der Waals surface area (Å²) in [6.45, 7) is 0. The molecule has 1 atom stereocenters. The Morgan fingerprint density at radius 3 is 2.50 bits per heavy atom. The fourth-order valence-corrected chi connectivity index (χ4v) is 6.29. The van der Waals surface area contributed by atoms with Crippen molar-refractivity contribution >= 4 is 26.7 Å². The Balaban J connectivity index is 1.56. The van der Waals surface area contributed by atoms with E-state index in [1.165, 1.54) is 19.2 Å². The molecule has 3 aromatic carbocycles. The molecule has 38 heavy (non-hydrogen) atoms. The zero-order valence-corrected chi connectivity index (χ0v) is 21.1. The molecule has 0 saturated carbocycles. The fraction of sp³-hybridized carbons (Fsp3) is 0.214. The lowest BCUT2D eigenvalue weighted by Crippen LogP contribution is -2.36. The summed E-state index contributed by atoms with van der Waals surface area (Å²) in [5.74, 6) is -1.05. The average Bonchev–Trinajstić information content (AvgIpc) is 2.91. The van der Waals surface area contributed by atoms with Crippen LogP contribution in [0.2, 0.25) is 0 Å². The van der Waals surface area contributed by atoms with Gasteiger partial charge in [-0.2, -0.15) is 13.2 Å². The first kappa shape index (κ1) is 25.7. The molecule has 0 saturated heterocycles. The maximum absolute atomic E-state index is 13.6. The predicted molar refractivity (Wildman–Crippen MR) is 136 cm³/mol. The number of nitrogens with zero attached hydrogens (tertiary/aromatic N) is 1. The minimum atomic E-state index is -4.59. The molecule has 1 aromatic heterocycles. The number of aromatic nitrogens is 1. The largest absolute Gasteiger partial charge is 0.496 e. The molecule has 0 fully saturated rings. The van der Waals surface area contributed by atoms with Crippen LogP contribution >= 0.6 is 0 Å². The van der Waals surface area contributed by atoms with E-state index in [0.717, 1.165) is 17.8 Å². The van der Waals surface area contributed by atoms with Crippen LogP contribution in [-0.2, 0) is 27.4 Å². The molecule has 0 radical (unpaired) electrons. The molecule has 4 aromatic rings. The zero-order valence-electron chi connectivity index (χ0n) is 20.2. The highest BCUT2D eigenvalue weighted by Gasteiger charge is 2.35. The summed E-state index contributed by atoms with van der Waals surface area (Å²) in [4.78, 5) is 17.1. The Bertz CT molecular complexity index is 1630. The van der Waals surface area contributed by atoms with E-state index in [0.29, 0.717) is 52.5 Å². The van der Waals surface area contributed by atoms with Gasteiger partial charge in [-0.3, -0.25) is 9.78 Å². The van der Waals surface area contributed by atoms with E-state index < -0.39 is 33.7 Å². The first-order chi connectivity index (χ1) is 18.1. The minimum Gasteiger partial charge on any atom is -0.496 e. The van der Waals surface area contributed by atoms with Crippen LogP contribution in [0, 0.1) is 0 Å². The van der Waals surface area contributed by atoms with E-state index in [2.05, 4.69) is 9.71 Å². The van der Waals surface area contributed by atoms with Gasteiger partial charge in [-0.15, -0.1) is 0 Å². The molecule has 1 aliphatic carbocycles. The predicted octanol–water partition coefficient (Wildman–Crippen LogP) is 5.85. The van der Waals surface area contributed by atoms with E-state index in [4.69, 9.17) is 4.74 Å². The van der Waals surface area contributed by atoms with Crippen molar-refractivity contribution in [3.63, 3.8) is 0 Å². The van der Waals surface area contributed by atoms with Gasteiger partial charge in [-0.25, -0.2) is 13.1 Å². The van der Waals surface area contributed by atoms with Crippen molar-refractivity contribution < 1.29 is 31.1 Å². The number of rotatable bonds is 5. The second-order valence-corrected chi connectivity index (χ2v) is 10.7. The van der Waals surface area contributed by atoms with Gasteiger partial charge < -0.3 is 4.74 Å². The minimum absolute atomic E-state index is 0.0159. The van der Waals surface area contributed by atoms with Gasteiger partial charge in [0.1, 0.15) is 11.4 Å². The molecule has 0 spiro atoms. The second-order valence-electron chi connectivity index (χ2n) is 9.03. The van der Waals surface area contributed by atoms with Gasteiger partial charge in [0.2, 0.25) is 5.91 Å². The molecule has 5 rings (SSSR count). The second kappa shape index (κ2) is 9.75. The molecule has 10 heteroatoms. The van der Waals surface area contributed by atoms with Gasteiger partial charge in [-0.05, 0) is 59.5 Å². The lowest BCUT2D eigenvalue weighted by Gasteiger charge is -2.29. The monoisotopic (exact) mass is 540 g/mol. The maximum atomic E-state index is 13.6. The molecule has 196 valence electrons. The first-order valence-electron chi connectivity index (χ1n) is 11.9. The number of carbonyl (C=O) groups is 1. The number of ether oxygens (including phenoxy) is 1. The third kappa shape index (κ3) is 4.71. The van der Waals surface area contributed by atoms with Gasteiger partial charge in [0.05, 0.1) is 17.9 Å². The smallest absolute Gasteiger partial charge is 0.433 e. The summed E-state index contributed by atoms with van der Waals surface area (Å²) in [6, 6.07) is 17.3. The van der Waals surface area contributed by atoms with Crippen LogP contribution in [0.4, 0.5) is 13.2 Å². The van der Waals surface area contributed by atoms with Crippen LogP contribution in [0.5, 0.6) is 5.75 Å². The lowest BCUT2D eigenvalue weighted by molar-refractivity contribution is -0.141. The molecule has 6 nitrogen and oxygen atoms in total. The highest BCUT2D eigenvalue weighted by molar-refractivity contribution is 7.90. The summed E-state index contributed by atoms with van der Waals surface area (Å²) in [5, 5.41) is 1.20. The number of hydrogen-bond donors (Lipinski definition) is 1. The molecule has 1 N–H and O–H groups in total. The van der Waals surface area contributed by atoms with Crippen molar-refractivity contribution in [3.8, 4) is 16.9 Å². The van der Waals surface area contributed by atoms with E-state index in [9.17, 15) is 26.4 Å². The van der Waals surface area contributed by atoms with Gasteiger partial charge in [0.25, 0.3) is 10.0 Å². The number of methoxy groups -OCH3 is 1. The van der Waals surface area contributed by atoms with Gasteiger partial charge in [0.15, 0.2) is 0 Å². The van der Waals surface area contributed by atoms with Crippen molar-refractivity contribution in [1.29, 1.82) is 0 Å². The van der Waals surface area contributed by atoms with Crippen molar-refractivity contribution in [2.45, 2.75) is 36.3 Å². The fourth-order valence-electron chi connectivity index (χ4n) is 5.04. The summed E-state index contributed by atoms with van der Waals surface area (Å²) in [6.07, 6.45) is -1.94. The number of amides is 1. The Kier molecular flexibility index (Phi) is 6.60. The van der Waals surface area contributed by atoms with Crippen LogP contribution in [0.1, 0.15) is 35.6 Å². The summed E-state index contributed by atoms with van der Waals surface area (Å²) >= 11 is 0. The van der Waals surface area contributed by atoms with Gasteiger partial charge >= 0.3 is 6.18 Å². The number of sulfonamides is 1. The lowest BCUT2D eigenvalue weighted by atomic mass is 9.78. The average molecular weight is 541 g/mol.